The molecule has 3 aromatic carbocycles. The molecule has 0 saturated carbocycles. The number of benzene rings is 3. The fourth-order valence-electron chi connectivity index (χ4n) is 2.83. The first-order valence-corrected chi connectivity index (χ1v) is 10.8. The lowest BCUT2D eigenvalue weighted by Crippen LogP contribution is -2.27. The van der Waals surface area contributed by atoms with Crippen LogP contribution in [-0.4, -0.2) is 21.4 Å². The number of rotatable bonds is 6. The molecular formula is C22H21ClN2O3S. The molecule has 0 heterocycles. The van der Waals surface area contributed by atoms with Crippen LogP contribution in [0.25, 0.3) is 0 Å². The minimum Gasteiger partial charge on any atom is -0.348 e. The largest absolute Gasteiger partial charge is 0.348 e. The van der Waals surface area contributed by atoms with Crippen molar-refractivity contribution in [1.29, 1.82) is 0 Å². The standard InChI is InChI=1S/C22H21ClN2O3S/c1-16-6-3-4-7-18(16)15-24-22(26)17-8-5-9-20(14-17)25(2)29(27,28)21-12-10-19(23)11-13-21/h3-14H,15H2,1-2H3,(H,24,26). The van der Waals surface area contributed by atoms with Crippen LogP contribution in [0.1, 0.15) is 21.5 Å². The Hall–Kier alpha value is -2.83. The minimum absolute atomic E-state index is 0.124. The Morgan fingerprint density at radius 1 is 1.00 bits per heavy atom. The second kappa shape index (κ2) is 8.68. The van der Waals surface area contributed by atoms with Crippen LogP contribution in [0.4, 0.5) is 5.69 Å². The van der Waals surface area contributed by atoms with Gasteiger partial charge in [-0.15, -0.1) is 0 Å². The van der Waals surface area contributed by atoms with Gasteiger partial charge in [-0.1, -0.05) is 41.9 Å². The number of halogens is 1. The Labute approximate surface area is 176 Å². The Morgan fingerprint density at radius 2 is 1.69 bits per heavy atom. The predicted octanol–water partition coefficient (Wildman–Crippen LogP) is 4.40. The van der Waals surface area contributed by atoms with E-state index in [1.165, 1.54) is 31.3 Å². The minimum atomic E-state index is -3.77. The third-order valence-electron chi connectivity index (χ3n) is 4.64. The zero-order valence-electron chi connectivity index (χ0n) is 16.1. The third kappa shape index (κ3) is 4.78. The number of nitrogens with one attached hydrogen (secondary N) is 1. The van der Waals surface area contributed by atoms with Crippen LogP contribution in [0.3, 0.4) is 0 Å². The SMILES string of the molecule is Cc1ccccc1CNC(=O)c1cccc(N(C)S(=O)(=O)c2ccc(Cl)cc2)c1. The Balaban J connectivity index is 1.78. The summed E-state index contributed by atoms with van der Waals surface area (Å²) in [6, 6.07) is 20.3. The van der Waals surface area contributed by atoms with Gasteiger partial charge < -0.3 is 5.32 Å². The number of aryl methyl sites for hydroxylation is 1. The molecule has 7 heteroatoms. The number of amides is 1. The lowest BCUT2D eigenvalue weighted by Gasteiger charge is -2.20. The Bertz CT molecular complexity index is 1130. The van der Waals surface area contributed by atoms with Crippen LogP contribution in [0.2, 0.25) is 5.02 Å². The molecule has 0 aliphatic rings. The van der Waals surface area contributed by atoms with Crippen molar-refractivity contribution in [1.82, 2.24) is 5.32 Å². The quantitative estimate of drug-likeness (QED) is 0.632. The molecule has 0 aliphatic heterocycles. The first kappa shape index (κ1) is 20.9. The van der Waals surface area contributed by atoms with E-state index in [0.717, 1.165) is 15.4 Å². The van der Waals surface area contributed by atoms with E-state index in [0.29, 0.717) is 22.8 Å². The van der Waals surface area contributed by atoms with Gasteiger partial charge in [0.25, 0.3) is 15.9 Å². The molecule has 0 radical (unpaired) electrons. The van der Waals surface area contributed by atoms with Gasteiger partial charge in [-0.25, -0.2) is 8.42 Å². The maximum atomic E-state index is 12.9. The van der Waals surface area contributed by atoms with Crippen LogP contribution in [0.5, 0.6) is 0 Å². The van der Waals surface area contributed by atoms with Crippen molar-refractivity contribution in [2.24, 2.45) is 0 Å². The van der Waals surface area contributed by atoms with Gasteiger partial charge in [-0.3, -0.25) is 9.10 Å². The number of anilines is 1. The highest BCUT2D eigenvalue weighted by Crippen LogP contribution is 2.24. The zero-order chi connectivity index (χ0) is 21.0. The summed E-state index contributed by atoms with van der Waals surface area (Å²) in [6.07, 6.45) is 0. The van der Waals surface area contributed by atoms with Crippen LogP contribution in [0.15, 0.2) is 77.7 Å². The average molecular weight is 429 g/mol. The van der Waals surface area contributed by atoms with Crippen molar-refractivity contribution in [3.8, 4) is 0 Å². The molecule has 3 rings (SSSR count). The van der Waals surface area contributed by atoms with Gasteiger partial charge in [-0.05, 0) is 60.5 Å². The molecule has 0 fully saturated rings. The maximum Gasteiger partial charge on any atom is 0.264 e. The summed E-state index contributed by atoms with van der Waals surface area (Å²) < 4.78 is 26.9. The number of sulfonamides is 1. The van der Waals surface area contributed by atoms with Gasteiger partial charge in [-0.2, -0.15) is 0 Å². The number of hydrogen-bond acceptors (Lipinski definition) is 3. The van der Waals surface area contributed by atoms with Gasteiger partial charge in [0.2, 0.25) is 0 Å². The fraction of sp³-hybridized carbons (Fsp3) is 0.136. The second-order valence-corrected chi connectivity index (χ2v) is 8.99. The zero-order valence-corrected chi connectivity index (χ0v) is 17.7. The molecule has 3 aromatic rings. The lowest BCUT2D eigenvalue weighted by molar-refractivity contribution is 0.0951. The van der Waals surface area contributed by atoms with Crippen LogP contribution >= 0.6 is 11.6 Å². The van der Waals surface area contributed by atoms with Crippen LogP contribution in [0, 0.1) is 6.92 Å². The Kier molecular flexibility index (Phi) is 6.25. The second-order valence-electron chi connectivity index (χ2n) is 6.59. The molecule has 29 heavy (non-hydrogen) atoms. The first-order valence-electron chi connectivity index (χ1n) is 8.96. The van der Waals surface area contributed by atoms with E-state index in [2.05, 4.69) is 5.32 Å². The van der Waals surface area contributed by atoms with Gasteiger partial charge in [0, 0.05) is 24.2 Å². The van der Waals surface area contributed by atoms with Gasteiger partial charge in [0.05, 0.1) is 10.6 Å². The monoisotopic (exact) mass is 428 g/mol. The van der Waals surface area contributed by atoms with Crippen molar-refractivity contribution in [2.75, 3.05) is 11.4 Å². The number of hydrogen-bond donors (Lipinski definition) is 1. The molecule has 0 aromatic heterocycles. The van der Waals surface area contributed by atoms with Gasteiger partial charge in [0.1, 0.15) is 0 Å². The van der Waals surface area contributed by atoms with E-state index in [1.807, 2.05) is 31.2 Å². The van der Waals surface area contributed by atoms with Crippen molar-refractivity contribution >= 4 is 33.2 Å². The molecule has 0 aliphatic carbocycles. The molecular weight excluding hydrogens is 408 g/mol. The molecule has 0 spiro atoms. The Morgan fingerprint density at radius 3 is 2.38 bits per heavy atom. The van der Waals surface area contributed by atoms with Crippen LogP contribution in [-0.2, 0) is 16.6 Å². The highest BCUT2D eigenvalue weighted by Gasteiger charge is 2.22. The maximum absolute atomic E-state index is 12.9. The van der Waals surface area contributed by atoms with E-state index in [1.54, 1.807) is 24.3 Å². The van der Waals surface area contributed by atoms with Crippen molar-refractivity contribution < 1.29 is 13.2 Å². The summed E-state index contributed by atoms with van der Waals surface area (Å²) in [4.78, 5) is 12.7. The number of nitrogens with zero attached hydrogens (tertiary/aromatic N) is 1. The molecule has 1 amide bonds. The van der Waals surface area contributed by atoms with E-state index >= 15 is 0 Å². The molecule has 5 nitrogen and oxygen atoms in total. The summed E-state index contributed by atoms with van der Waals surface area (Å²) in [5, 5.41) is 3.33. The smallest absolute Gasteiger partial charge is 0.264 e. The summed E-state index contributed by atoms with van der Waals surface area (Å²) in [7, 11) is -2.32. The highest BCUT2D eigenvalue weighted by atomic mass is 35.5. The summed E-state index contributed by atoms with van der Waals surface area (Å²) in [5.41, 5.74) is 2.90. The average Bonchev–Trinajstić information content (AvgIpc) is 2.72. The van der Waals surface area contributed by atoms with E-state index in [4.69, 9.17) is 11.6 Å². The van der Waals surface area contributed by atoms with Gasteiger partial charge >= 0.3 is 0 Å². The summed E-state index contributed by atoms with van der Waals surface area (Å²) in [6.45, 7) is 2.38. The fourth-order valence-corrected chi connectivity index (χ4v) is 4.15. The molecule has 0 atom stereocenters. The summed E-state index contributed by atoms with van der Waals surface area (Å²) in [5.74, 6) is -0.271. The number of carbonyl (C=O) groups is 1. The van der Waals surface area contributed by atoms with E-state index in [-0.39, 0.29) is 10.8 Å². The van der Waals surface area contributed by atoms with Crippen molar-refractivity contribution in [3.63, 3.8) is 0 Å². The molecule has 150 valence electrons. The molecule has 0 bridgehead atoms. The summed E-state index contributed by atoms with van der Waals surface area (Å²) >= 11 is 5.84. The van der Waals surface area contributed by atoms with Crippen LogP contribution < -0.4 is 9.62 Å². The topological polar surface area (TPSA) is 66.5 Å². The third-order valence-corrected chi connectivity index (χ3v) is 6.70. The highest BCUT2D eigenvalue weighted by molar-refractivity contribution is 7.92. The molecule has 0 saturated heterocycles. The molecule has 1 N–H and O–H groups in total. The van der Waals surface area contributed by atoms with E-state index < -0.39 is 10.0 Å². The number of carbonyl (C=O) groups excluding carboxylic acids is 1. The predicted molar refractivity (Wildman–Crippen MR) is 116 cm³/mol. The normalized spacial score (nSPS) is 11.1. The van der Waals surface area contributed by atoms with E-state index in [9.17, 15) is 13.2 Å². The van der Waals surface area contributed by atoms with Gasteiger partial charge in [0.15, 0.2) is 0 Å². The first-order chi connectivity index (χ1) is 13.8. The molecule has 0 unspecified atom stereocenters. The van der Waals surface area contributed by atoms with Crippen molar-refractivity contribution in [3.05, 3.63) is 94.5 Å². The van der Waals surface area contributed by atoms with Crippen molar-refractivity contribution in [2.45, 2.75) is 18.4 Å². The lowest BCUT2D eigenvalue weighted by atomic mass is 10.1.